The molecule has 7 heteroatoms. The number of ether oxygens (including phenoxy) is 1. The maximum absolute atomic E-state index is 12.0. The largest absolute Gasteiger partial charge is 0.370 e. The van der Waals surface area contributed by atoms with Gasteiger partial charge in [-0.3, -0.25) is 4.79 Å². The van der Waals surface area contributed by atoms with E-state index in [0.29, 0.717) is 19.1 Å². The Balaban J connectivity index is 0.00000264. The highest BCUT2D eigenvalue weighted by molar-refractivity contribution is 14.0. The van der Waals surface area contributed by atoms with E-state index < -0.39 is 0 Å². The number of halogens is 1. The number of amides is 1. The highest BCUT2D eigenvalue weighted by Gasteiger charge is 2.23. The van der Waals surface area contributed by atoms with Gasteiger partial charge < -0.3 is 20.7 Å². The second-order valence-electron chi connectivity index (χ2n) is 5.38. The Morgan fingerprint density at radius 1 is 1.52 bits per heavy atom. The summed E-state index contributed by atoms with van der Waals surface area (Å²) in [6.07, 6.45) is 1.41. The molecular weight excluding hydrogens is 407 g/mol. The van der Waals surface area contributed by atoms with Crippen LogP contribution in [0.3, 0.4) is 0 Å². The average molecular weight is 432 g/mol. The van der Waals surface area contributed by atoms with Crippen molar-refractivity contribution in [2.75, 3.05) is 25.5 Å². The van der Waals surface area contributed by atoms with Crippen LogP contribution in [0.2, 0.25) is 0 Å². The van der Waals surface area contributed by atoms with Crippen LogP contribution in [0, 0.1) is 0 Å². The first kappa shape index (κ1) is 19.7. The zero-order valence-corrected chi connectivity index (χ0v) is 15.9. The highest BCUT2D eigenvalue weighted by Crippen LogP contribution is 2.16. The quantitative estimate of drug-likeness (QED) is 0.425. The third kappa shape index (κ3) is 5.98. The zero-order valence-electron chi connectivity index (χ0n) is 13.6. The molecule has 0 aromatic heterocycles. The van der Waals surface area contributed by atoms with E-state index in [-0.39, 0.29) is 36.0 Å². The van der Waals surface area contributed by atoms with Crippen molar-refractivity contribution < 1.29 is 9.53 Å². The molecule has 0 saturated carbocycles. The van der Waals surface area contributed by atoms with E-state index in [2.05, 4.69) is 10.3 Å². The first-order chi connectivity index (χ1) is 10.6. The second kappa shape index (κ2) is 9.71. The molecular formula is C16H25IN4O2. The van der Waals surface area contributed by atoms with Gasteiger partial charge in [0.25, 0.3) is 5.91 Å². The average Bonchev–Trinajstić information content (AvgIpc) is 3.06. The van der Waals surface area contributed by atoms with E-state index >= 15 is 0 Å². The lowest BCUT2D eigenvalue weighted by molar-refractivity contribution is -0.124. The van der Waals surface area contributed by atoms with Gasteiger partial charge in [0.05, 0.1) is 6.54 Å². The van der Waals surface area contributed by atoms with E-state index in [1.54, 1.807) is 0 Å². The minimum Gasteiger partial charge on any atom is -0.370 e. The number of nitrogens with zero attached hydrogens (tertiary/aromatic N) is 2. The van der Waals surface area contributed by atoms with Crippen molar-refractivity contribution in [1.82, 2.24) is 4.90 Å². The van der Waals surface area contributed by atoms with Gasteiger partial charge in [0.2, 0.25) is 0 Å². The van der Waals surface area contributed by atoms with Gasteiger partial charge >= 0.3 is 0 Å². The zero-order chi connectivity index (χ0) is 15.9. The Morgan fingerprint density at radius 2 is 2.30 bits per heavy atom. The fourth-order valence-electron chi connectivity index (χ4n) is 2.21. The van der Waals surface area contributed by atoms with Gasteiger partial charge in [0.1, 0.15) is 6.10 Å². The molecule has 2 rings (SSSR count). The van der Waals surface area contributed by atoms with Crippen LogP contribution in [0.25, 0.3) is 0 Å². The molecule has 0 radical (unpaired) electrons. The monoisotopic (exact) mass is 432 g/mol. The lowest BCUT2D eigenvalue weighted by Gasteiger charge is -2.15. The standard InChI is InChI=1S/C16H24N4O2.HI/c1-3-20(2)16(17)18-11-12-6-4-7-13(10-12)19-15(21)14-8-5-9-22-14;/h4,6-7,10,14H,3,5,8-9,11H2,1-2H3,(H2,17,18)(H,19,21);1H. The molecule has 1 aliphatic rings. The summed E-state index contributed by atoms with van der Waals surface area (Å²) in [4.78, 5) is 18.3. The summed E-state index contributed by atoms with van der Waals surface area (Å²) in [5, 5.41) is 2.89. The molecule has 1 unspecified atom stereocenters. The van der Waals surface area contributed by atoms with Crippen molar-refractivity contribution in [2.45, 2.75) is 32.4 Å². The fourth-order valence-corrected chi connectivity index (χ4v) is 2.21. The Hall–Kier alpha value is -1.35. The summed E-state index contributed by atoms with van der Waals surface area (Å²) < 4.78 is 5.38. The number of guanidine groups is 1. The predicted octanol–water partition coefficient (Wildman–Crippen LogP) is 2.19. The summed E-state index contributed by atoms with van der Waals surface area (Å²) >= 11 is 0. The van der Waals surface area contributed by atoms with E-state index in [1.807, 2.05) is 43.1 Å². The molecule has 1 fully saturated rings. The van der Waals surface area contributed by atoms with Crippen LogP contribution < -0.4 is 11.1 Å². The molecule has 1 saturated heterocycles. The Bertz CT molecular complexity index is 545. The van der Waals surface area contributed by atoms with Crippen LogP contribution in [0.15, 0.2) is 29.3 Å². The Morgan fingerprint density at radius 3 is 2.96 bits per heavy atom. The molecule has 0 bridgehead atoms. The third-order valence-corrected chi connectivity index (χ3v) is 3.71. The first-order valence-corrected chi connectivity index (χ1v) is 7.62. The number of nitrogens with one attached hydrogen (secondary N) is 1. The van der Waals surface area contributed by atoms with Crippen LogP contribution >= 0.6 is 24.0 Å². The Kier molecular flexibility index (Phi) is 8.32. The number of hydrogen-bond acceptors (Lipinski definition) is 3. The normalized spacial score (nSPS) is 17.5. The maximum atomic E-state index is 12.0. The molecule has 1 amide bonds. The topological polar surface area (TPSA) is 80.0 Å². The van der Waals surface area contributed by atoms with Gasteiger partial charge in [-0.15, -0.1) is 24.0 Å². The van der Waals surface area contributed by atoms with Gasteiger partial charge in [0.15, 0.2) is 5.96 Å². The summed E-state index contributed by atoms with van der Waals surface area (Å²) in [5.74, 6) is 0.430. The SMILES string of the molecule is CCN(C)C(N)=NCc1cccc(NC(=O)C2CCCO2)c1.I. The van der Waals surface area contributed by atoms with Crippen molar-refractivity contribution in [3.8, 4) is 0 Å². The summed E-state index contributed by atoms with van der Waals surface area (Å²) in [6, 6.07) is 7.64. The van der Waals surface area contributed by atoms with Gasteiger partial charge in [-0.05, 0) is 37.5 Å². The van der Waals surface area contributed by atoms with Crippen LogP contribution in [-0.2, 0) is 16.1 Å². The van der Waals surface area contributed by atoms with Gasteiger partial charge in [-0.25, -0.2) is 4.99 Å². The van der Waals surface area contributed by atoms with Crippen LogP contribution in [-0.4, -0.2) is 43.1 Å². The third-order valence-electron chi connectivity index (χ3n) is 3.71. The molecule has 0 aliphatic carbocycles. The molecule has 1 heterocycles. The van der Waals surface area contributed by atoms with Crippen LogP contribution in [0.1, 0.15) is 25.3 Å². The second-order valence-corrected chi connectivity index (χ2v) is 5.38. The smallest absolute Gasteiger partial charge is 0.253 e. The van der Waals surface area contributed by atoms with E-state index in [4.69, 9.17) is 10.5 Å². The first-order valence-electron chi connectivity index (χ1n) is 7.62. The number of anilines is 1. The number of aliphatic imine (C=N–C) groups is 1. The maximum Gasteiger partial charge on any atom is 0.253 e. The van der Waals surface area contributed by atoms with E-state index in [0.717, 1.165) is 30.6 Å². The van der Waals surface area contributed by atoms with Crippen LogP contribution in [0.4, 0.5) is 5.69 Å². The van der Waals surface area contributed by atoms with Gasteiger partial charge in [0, 0.05) is 25.9 Å². The number of hydrogen-bond donors (Lipinski definition) is 2. The van der Waals surface area contributed by atoms with E-state index in [9.17, 15) is 4.79 Å². The summed E-state index contributed by atoms with van der Waals surface area (Å²) in [5.41, 5.74) is 7.62. The molecule has 1 atom stereocenters. The molecule has 6 nitrogen and oxygen atoms in total. The van der Waals surface area contributed by atoms with Gasteiger partial charge in [-0.2, -0.15) is 0 Å². The molecule has 128 valence electrons. The van der Waals surface area contributed by atoms with E-state index in [1.165, 1.54) is 0 Å². The molecule has 23 heavy (non-hydrogen) atoms. The van der Waals surface area contributed by atoms with Crippen molar-refractivity contribution in [3.63, 3.8) is 0 Å². The molecule has 1 aromatic rings. The lowest BCUT2D eigenvalue weighted by Crippen LogP contribution is -2.33. The number of carbonyl (C=O) groups is 1. The van der Waals surface area contributed by atoms with Gasteiger partial charge in [-0.1, -0.05) is 12.1 Å². The van der Waals surface area contributed by atoms with Crippen molar-refractivity contribution in [1.29, 1.82) is 0 Å². The van der Waals surface area contributed by atoms with Crippen molar-refractivity contribution >= 4 is 41.5 Å². The van der Waals surface area contributed by atoms with Crippen molar-refractivity contribution in [2.24, 2.45) is 10.7 Å². The Labute approximate surface area is 154 Å². The predicted molar refractivity (Wildman–Crippen MR) is 103 cm³/mol. The number of carbonyl (C=O) groups excluding carboxylic acids is 1. The lowest BCUT2D eigenvalue weighted by atomic mass is 10.2. The highest BCUT2D eigenvalue weighted by atomic mass is 127. The minimum absolute atomic E-state index is 0. The molecule has 0 spiro atoms. The molecule has 1 aliphatic heterocycles. The number of nitrogens with two attached hydrogens (primary N) is 1. The van der Waals surface area contributed by atoms with Crippen molar-refractivity contribution in [3.05, 3.63) is 29.8 Å². The van der Waals surface area contributed by atoms with Crippen LogP contribution in [0.5, 0.6) is 0 Å². The summed E-state index contributed by atoms with van der Waals surface area (Å²) in [7, 11) is 1.90. The minimum atomic E-state index is -0.324. The number of rotatable bonds is 5. The number of benzene rings is 1. The molecule has 1 aromatic carbocycles. The molecule has 3 N–H and O–H groups in total. The fraction of sp³-hybridized carbons (Fsp3) is 0.500. The summed E-state index contributed by atoms with van der Waals surface area (Å²) in [6.45, 7) is 3.98.